The fourth-order valence-electron chi connectivity index (χ4n) is 2.04. The molecule has 2 N–H and O–H groups in total. The Labute approximate surface area is 108 Å². The molecule has 1 heterocycles. The molecule has 0 bridgehead atoms. The summed E-state index contributed by atoms with van der Waals surface area (Å²) in [6.45, 7) is 0. The van der Waals surface area contributed by atoms with Gasteiger partial charge in [0.1, 0.15) is 10.6 Å². The first-order chi connectivity index (χ1) is 8.66. The summed E-state index contributed by atoms with van der Waals surface area (Å²) in [5.41, 5.74) is 5.81. The van der Waals surface area contributed by atoms with Crippen molar-refractivity contribution in [1.29, 1.82) is 0 Å². The summed E-state index contributed by atoms with van der Waals surface area (Å²) >= 11 is 4.85. The van der Waals surface area contributed by atoms with Crippen LogP contribution in [-0.4, -0.2) is 4.99 Å². The first kappa shape index (κ1) is 10.9. The predicted molar refractivity (Wildman–Crippen MR) is 75.9 cm³/mol. The average Bonchev–Trinajstić information content (AvgIpc) is 2.37. The fraction of sp³-hybridized carbons (Fsp3) is 0. The number of hydrogen-bond acceptors (Lipinski definition) is 3. The van der Waals surface area contributed by atoms with Crippen molar-refractivity contribution in [2.75, 3.05) is 0 Å². The van der Waals surface area contributed by atoms with E-state index in [0.717, 1.165) is 16.2 Å². The van der Waals surface area contributed by atoms with Crippen molar-refractivity contribution < 1.29 is 4.42 Å². The van der Waals surface area contributed by atoms with E-state index in [1.54, 1.807) is 12.1 Å². The third-order valence-electron chi connectivity index (χ3n) is 2.91. The van der Waals surface area contributed by atoms with Crippen LogP contribution in [0.3, 0.4) is 0 Å². The number of fused-ring (bicyclic) bond motifs is 3. The molecule has 0 amide bonds. The van der Waals surface area contributed by atoms with Crippen LogP contribution in [-0.2, 0) is 0 Å². The van der Waals surface area contributed by atoms with Gasteiger partial charge in [0.25, 0.3) is 0 Å². The molecule has 0 aliphatic heterocycles. The van der Waals surface area contributed by atoms with E-state index in [-0.39, 0.29) is 10.6 Å². The standard InChI is InChI=1S/C14H9NO2S/c15-13(18)11-7-10-9-4-2-1-3-8(9)5-6-12(10)17-14(11)16/h1-7H,(H2,15,18). The molecule has 0 saturated heterocycles. The minimum atomic E-state index is -0.495. The van der Waals surface area contributed by atoms with Crippen LogP contribution < -0.4 is 11.4 Å². The second kappa shape index (κ2) is 3.92. The van der Waals surface area contributed by atoms with Gasteiger partial charge in [-0.25, -0.2) is 4.79 Å². The smallest absolute Gasteiger partial charge is 0.346 e. The van der Waals surface area contributed by atoms with Crippen LogP contribution in [0.2, 0.25) is 0 Å². The van der Waals surface area contributed by atoms with Crippen LogP contribution in [0, 0.1) is 0 Å². The highest BCUT2D eigenvalue weighted by molar-refractivity contribution is 7.80. The molecule has 0 radical (unpaired) electrons. The highest BCUT2D eigenvalue weighted by Gasteiger charge is 2.09. The molecule has 88 valence electrons. The maximum absolute atomic E-state index is 11.7. The van der Waals surface area contributed by atoms with Crippen molar-refractivity contribution in [2.24, 2.45) is 5.73 Å². The molecule has 0 fully saturated rings. The summed E-state index contributed by atoms with van der Waals surface area (Å²) in [6, 6.07) is 13.3. The summed E-state index contributed by atoms with van der Waals surface area (Å²) in [4.78, 5) is 11.7. The van der Waals surface area contributed by atoms with E-state index < -0.39 is 5.63 Å². The lowest BCUT2D eigenvalue weighted by Crippen LogP contribution is -2.19. The van der Waals surface area contributed by atoms with Crippen molar-refractivity contribution in [3.8, 4) is 0 Å². The maximum atomic E-state index is 11.7. The van der Waals surface area contributed by atoms with Crippen LogP contribution in [0.4, 0.5) is 0 Å². The van der Waals surface area contributed by atoms with Gasteiger partial charge in [0.2, 0.25) is 0 Å². The van der Waals surface area contributed by atoms with E-state index >= 15 is 0 Å². The van der Waals surface area contributed by atoms with E-state index in [4.69, 9.17) is 22.4 Å². The summed E-state index contributed by atoms with van der Waals surface area (Å²) in [5, 5.41) is 2.93. The van der Waals surface area contributed by atoms with Gasteiger partial charge >= 0.3 is 5.63 Å². The minimum Gasteiger partial charge on any atom is -0.422 e. The molecular formula is C14H9NO2S. The number of thiocarbonyl (C=S) groups is 1. The summed E-state index contributed by atoms with van der Waals surface area (Å²) < 4.78 is 5.24. The van der Waals surface area contributed by atoms with Crippen molar-refractivity contribution in [1.82, 2.24) is 0 Å². The van der Waals surface area contributed by atoms with Crippen molar-refractivity contribution in [2.45, 2.75) is 0 Å². The minimum absolute atomic E-state index is 0.0542. The Hall–Kier alpha value is -2.20. The molecule has 4 heteroatoms. The van der Waals surface area contributed by atoms with Crippen LogP contribution >= 0.6 is 12.2 Å². The lowest BCUT2D eigenvalue weighted by Gasteiger charge is -2.04. The van der Waals surface area contributed by atoms with Gasteiger partial charge in [-0.05, 0) is 22.9 Å². The van der Waals surface area contributed by atoms with Gasteiger partial charge in [0.15, 0.2) is 0 Å². The van der Waals surface area contributed by atoms with Gasteiger partial charge in [-0.15, -0.1) is 0 Å². The van der Waals surface area contributed by atoms with Gasteiger partial charge in [-0.1, -0.05) is 42.5 Å². The molecule has 3 nitrogen and oxygen atoms in total. The maximum Gasteiger partial charge on any atom is 0.346 e. The van der Waals surface area contributed by atoms with E-state index in [0.29, 0.717) is 5.58 Å². The van der Waals surface area contributed by atoms with Gasteiger partial charge in [-0.3, -0.25) is 0 Å². The second-order valence-corrected chi connectivity index (χ2v) is 4.45. The molecule has 0 spiro atoms. The molecule has 3 rings (SSSR count). The van der Waals surface area contributed by atoms with E-state index in [9.17, 15) is 4.79 Å². The zero-order chi connectivity index (χ0) is 12.7. The van der Waals surface area contributed by atoms with Crippen molar-refractivity contribution in [3.63, 3.8) is 0 Å². The highest BCUT2D eigenvalue weighted by atomic mass is 32.1. The third-order valence-corrected chi connectivity index (χ3v) is 3.13. The average molecular weight is 255 g/mol. The van der Waals surface area contributed by atoms with Crippen LogP contribution in [0.1, 0.15) is 5.56 Å². The Bertz CT molecular complexity index is 836. The second-order valence-electron chi connectivity index (χ2n) is 4.01. The van der Waals surface area contributed by atoms with E-state index in [1.807, 2.05) is 30.3 Å². The number of hydrogen-bond donors (Lipinski definition) is 1. The Kier molecular flexibility index (Phi) is 2.38. The first-order valence-electron chi connectivity index (χ1n) is 5.42. The first-order valence-corrected chi connectivity index (χ1v) is 5.83. The molecule has 18 heavy (non-hydrogen) atoms. The van der Waals surface area contributed by atoms with Crippen molar-refractivity contribution in [3.05, 3.63) is 58.4 Å². The number of rotatable bonds is 1. The largest absolute Gasteiger partial charge is 0.422 e. The topological polar surface area (TPSA) is 56.2 Å². The quantitative estimate of drug-likeness (QED) is 0.412. The summed E-state index contributed by atoms with van der Waals surface area (Å²) in [5.74, 6) is 0. The zero-order valence-electron chi connectivity index (χ0n) is 9.34. The van der Waals surface area contributed by atoms with E-state index in [2.05, 4.69) is 0 Å². The van der Waals surface area contributed by atoms with Gasteiger partial charge in [0, 0.05) is 5.39 Å². The monoisotopic (exact) mass is 255 g/mol. The summed E-state index contributed by atoms with van der Waals surface area (Å²) in [6.07, 6.45) is 0. The molecule has 2 aromatic carbocycles. The normalized spacial score (nSPS) is 10.9. The molecule has 0 unspecified atom stereocenters. The molecule has 0 aliphatic rings. The van der Waals surface area contributed by atoms with Gasteiger partial charge < -0.3 is 10.2 Å². The van der Waals surface area contributed by atoms with Gasteiger partial charge in [0.05, 0.1) is 5.56 Å². The molecule has 3 aromatic rings. The predicted octanol–water partition coefficient (Wildman–Crippen LogP) is 2.58. The van der Waals surface area contributed by atoms with E-state index in [1.165, 1.54) is 0 Å². The molecular weight excluding hydrogens is 246 g/mol. The molecule has 0 saturated carbocycles. The number of benzene rings is 2. The molecule has 0 atom stereocenters. The Morgan fingerprint density at radius 3 is 2.67 bits per heavy atom. The fourth-order valence-corrected chi connectivity index (χ4v) is 2.19. The molecule has 0 aliphatic carbocycles. The Balaban J connectivity index is 2.53. The number of nitrogens with two attached hydrogens (primary N) is 1. The Morgan fingerprint density at radius 2 is 1.89 bits per heavy atom. The Morgan fingerprint density at radius 1 is 1.11 bits per heavy atom. The molecule has 1 aromatic heterocycles. The van der Waals surface area contributed by atoms with Gasteiger partial charge in [-0.2, -0.15) is 0 Å². The van der Waals surface area contributed by atoms with Crippen LogP contribution in [0.25, 0.3) is 21.7 Å². The summed E-state index contributed by atoms with van der Waals surface area (Å²) in [7, 11) is 0. The third kappa shape index (κ3) is 1.58. The SMILES string of the molecule is NC(=S)c1cc2c(ccc3ccccc32)oc1=O. The van der Waals surface area contributed by atoms with Crippen LogP contribution in [0.15, 0.2) is 51.7 Å². The lowest BCUT2D eigenvalue weighted by molar-refractivity contribution is 0.560. The lowest BCUT2D eigenvalue weighted by atomic mass is 10.0. The van der Waals surface area contributed by atoms with Crippen LogP contribution in [0.5, 0.6) is 0 Å². The highest BCUT2D eigenvalue weighted by Crippen LogP contribution is 2.24. The van der Waals surface area contributed by atoms with Crippen molar-refractivity contribution >= 4 is 38.9 Å². The zero-order valence-corrected chi connectivity index (χ0v) is 10.2.